The third kappa shape index (κ3) is 3.42. The van der Waals surface area contributed by atoms with E-state index < -0.39 is 19.1 Å². The first-order valence-electron chi connectivity index (χ1n) is 4.31. The zero-order valence-corrected chi connectivity index (χ0v) is 9.33. The molecule has 1 heterocycles. The zero-order valence-electron chi connectivity index (χ0n) is 8.44. The summed E-state index contributed by atoms with van der Waals surface area (Å²) in [6.45, 7) is 1.34. The molecule has 9 heteroatoms. The standard InChI is InChI=1S/C7H11N4O4P/c1-4(12)5(8)2-6-9-3-7(11-10-6)16(13,14)15/h3,5H,2,8H2,1H3,(H2,13,14,15). The number of Topliss-reactive ketones (excluding diaryl/α,β-unsaturated/α-hetero) is 1. The normalized spacial score (nSPS) is 13.5. The molecule has 8 nitrogen and oxygen atoms in total. The fourth-order valence-corrected chi connectivity index (χ4v) is 1.23. The SMILES string of the molecule is CC(=O)C(N)Cc1ncc(P(=O)(O)O)nn1. The number of rotatable bonds is 4. The Labute approximate surface area is 91.1 Å². The van der Waals surface area contributed by atoms with Crippen LogP contribution in [0.2, 0.25) is 0 Å². The lowest BCUT2D eigenvalue weighted by Gasteiger charge is -2.06. The molecule has 16 heavy (non-hydrogen) atoms. The number of nitrogens with zero attached hydrogens (tertiary/aromatic N) is 3. The van der Waals surface area contributed by atoms with Crippen LogP contribution in [0.15, 0.2) is 6.20 Å². The van der Waals surface area contributed by atoms with Gasteiger partial charge in [-0.1, -0.05) is 0 Å². The van der Waals surface area contributed by atoms with Crippen molar-refractivity contribution < 1.29 is 19.1 Å². The van der Waals surface area contributed by atoms with Crippen molar-refractivity contribution in [3.63, 3.8) is 0 Å². The molecule has 0 spiro atoms. The highest BCUT2D eigenvalue weighted by Crippen LogP contribution is 2.30. The number of hydrogen-bond acceptors (Lipinski definition) is 6. The summed E-state index contributed by atoms with van der Waals surface area (Å²) in [4.78, 5) is 32.0. The molecule has 1 rings (SSSR count). The van der Waals surface area contributed by atoms with E-state index in [1.54, 1.807) is 0 Å². The van der Waals surface area contributed by atoms with Crippen LogP contribution < -0.4 is 11.2 Å². The van der Waals surface area contributed by atoms with Crippen LogP contribution in [-0.2, 0) is 15.8 Å². The summed E-state index contributed by atoms with van der Waals surface area (Å²) in [7, 11) is -4.43. The van der Waals surface area contributed by atoms with Gasteiger partial charge in [-0.3, -0.25) is 9.36 Å². The van der Waals surface area contributed by atoms with E-state index >= 15 is 0 Å². The molecule has 88 valence electrons. The van der Waals surface area contributed by atoms with Crippen LogP contribution in [-0.4, -0.2) is 36.8 Å². The maximum absolute atomic E-state index is 10.8. The fourth-order valence-electron chi connectivity index (χ4n) is 0.860. The van der Waals surface area contributed by atoms with Crippen LogP contribution in [0.4, 0.5) is 0 Å². The Morgan fingerprint density at radius 3 is 2.56 bits per heavy atom. The molecule has 0 bridgehead atoms. The van der Waals surface area contributed by atoms with E-state index in [1.807, 2.05) is 0 Å². The summed E-state index contributed by atoms with van der Waals surface area (Å²) in [5.41, 5.74) is 4.95. The van der Waals surface area contributed by atoms with Crippen molar-refractivity contribution in [2.24, 2.45) is 5.73 Å². The third-order valence-corrected chi connectivity index (χ3v) is 2.62. The van der Waals surface area contributed by atoms with Crippen molar-refractivity contribution in [2.45, 2.75) is 19.4 Å². The van der Waals surface area contributed by atoms with Crippen molar-refractivity contribution in [1.29, 1.82) is 0 Å². The molecule has 0 saturated heterocycles. The quantitative estimate of drug-likeness (QED) is 0.525. The summed E-state index contributed by atoms with van der Waals surface area (Å²) < 4.78 is 10.7. The van der Waals surface area contributed by atoms with Crippen molar-refractivity contribution in [1.82, 2.24) is 15.2 Å². The second-order valence-electron chi connectivity index (χ2n) is 3.20. The average molecular weight is 246 g/mol. The summed E-state index contributed by atoms with van der Waals surface area (Å²) in [6, 6.07) is -0.734. The molecule has 1 aromatic heterocycles. The van der Waals surface area contributed by atoms with Crippen LogP contribution in [0.25, 0.3) is 0 Å². The molecule has 0 aromatic carbocycles. The average Bonchev–Trinajstić information content (AvgIpc) is 2.17. The summed E-state index contributed by atoms with van der Waals surface area (Å²) in [5.74, 6) is -0.0532. The third-order valence-electron chi connectivity index (χ3n) is 1.82. The van der Waals surface area contributed by atoms with Gasteiger partial charge in [-0.25, -0.2) is 4.98 Å². The van der Waals surface area contributed by atoms with E-state index in [1.165, 1.54) is 6.92 Å². The highest BCUT2D eigenvalue weighted by atomic mass is 31.2. The Balaban J connectivity index is 2.80. The predicted octanol–water partition coefficient (Wildman–Crippen LogP) is -1.87. The summed E-state index contributed by atoms with van der Waals surface area (Å²) in [5, 5.41) is 6.80. The van der Waals surface area contributed by atoms with Gasteiger partial charge in [0.1, 0.15) is 5.78 Å². The van der Waals surface area contributed by atoms with E-state index in [0.717, 1.165) is 6.20 Å². The van der Waals surface area contributed by atoms with E-state index in [9.17, 15) is 9.36 Å². The maximum Gasteiger partial charge on any atom is 0.377 e. The maximum atomic E-state index is 10.8. The summed E-state index contributed by atoms with van der Waals surface area (Å²) >= 11 is 0. The predicted molar refractivity (Wildman–Crippen MR) is 53.9 cm³/mol. The van der Waals surface area contributed by atoms with Gasteiger partial charge in [-0.2, -0.15) is 0 Å². The van der Waals surface area contributed by atoms with E-state index in [0.29, 0.717) is 0 Å². The van der Waals surface area contributed by atoms with E-state index in [-0.39, 0.29) is 18.0 Å². The first-order valence-corrected chi connectivity index (χ1v) is 5.92. The topological polar surface area (TPSA) is 139 Å². The van der Waals surface area contributed by atoms with Crippen molar-refractivity contribution in [3.05, 3.63) is 12.0 Å². The number of ketones is 1. The Morgan fingerprint density at radius 2 is 2.19 bits per heavy atom. The van der Waals surface area contributed by atoms with E-state index in [4.69, 9.17) is 15.5 Å². The Bertz CT molecular complexity index is 429. The molecule has 0 aliphatic carbocycles. The molecule has 4 N–H and O–H groups in total. The molecule has 0 aliphatic rings. The smallest absolute Gasteiger partial charge is 0.321 e. The molecule has 0 saturated carbocycles. The second-order valence-corrected chi connectivity index (χ2v) is 4.74. The minimum absolute atomic E-state index is 0.0871. The Morgan fingerprint density at radius 1 is 1.56 bits per heavy atom. The molecule has 0 radical (unpaired) electrons. The molecular formula is C7H11N4O4P. The highest BCUT2D eigenvalue weighted by Gasteiger charge is 2.20. The van der Waals surface area contributed by atoms with Gasteiger partial charge in [0.15, 0.2) is 11.3 Å². The number of carbonyl (C=O) groups is 1. The number of carbonyl (C=O) groups excluding carboxylic acids is 1. The lowest BCUT2D eigenvalue weighted by atomic mass is 10.1. The molecule has 0 amide bonds. The van der Waals surface area contributed by atoms with Crippen molar-refractivity contribution in [2.75, 3.05) is 0 Å². The number of nitrogens with two attached hydrogens (primary N) is 1. The monoisotopic (exact) mass is 246 g/mol. The van der Waals surface area contributed by atoms with Gasteiger partial charge in [0.2, 0.25) is 0 Å². The molecular weight excluding hydrogens is 235 g/mol. The zero-order chi connectivity index (χ0) is 12.3. The van der Waals surface area contributed by atoms with Crippen molar-refractivity contribution >= 4 is 18.8 Å². The van der Waals surface area contributed by atoms with Gasteiger partial charge < -0.3 is 15.5 Å². The van der Waals surface area contributed by atoms with Gasteiger partial charge in [-0.15, -0.1) is 10.2 Å². The molecule has 0 aliphatic heterocycles. The highest BCUT2D eigenvalue weighted by molar-refractivity contribution is 7.59. The van der Waals surface area contributed by atoms with Crippen LogP contribution in [0.1, 0.15) is 12.7 Å². The van der Waals surface area contributed by atoms with Crippen LogP contribution >= 0.6 is 7.60 Å². The molecule has 1 aromatic rings. The minimum atomic E-state index is -4.43. The lowest BCUT2D eigenvalue weighted by molar-refractivity contribution is -0.118. The Kier molecular flexibility index (Phi) is 3.82. The van der Waals surface area contributed by atoms with Gasteiger partial charge in [0.25, 0.3) is 0 Å². The fraction of sp³-hybridized carbons (Fsp3) is 0.429. The largest absolute Gasteiger partial charge is 0.377 e. The molecule has 1 unspecified atom stereocenters. The number of hydrogen-bond donors (Lipinski definition) is 3. The molecule has 0 fully saturated rings. The van der Waals surface area contributed by atoms with Gasteiger partial charge in [0.05, 0.1) is 12.2 Å². The minimum Gasteiger partial charge on any atom is -0.321 e. The van der Waals surface area contributed by atoms with Crippen LogP contribution in [0, 0.1) is 0 Å². The van der Waals surface area contributed by atoms with E-state index in [2.05, 4.69) is 15.2 Å². The van der Waals surface area contributed by atoms with Crippen LogP contribution in [0.3, 0.4) is 0 Å². The first-order chi connectivity index (χ1) is 7.30. The molecule has 1 atom stereocenters. The number of aromatic nitrogens is 3. The van der Waals surface area contributed by atoms with Gasteiger partial charge in [0, 0.05) is 6.42 Å². The van der Waals surface area contributed by atoms with Crippen molar-refractivity contribution in [3.8, 4) is 0 Å². The lowest BCUT2D eigenvalue weighted by Crippen LogP contribution is -2.31. The Hall–Kier alpha value is -1.21. The second kappa shape index (κ2) is 4.75. The van der Waals surface area contributed by atoms with Crippen LogP contribution in [0.5, 0.6) is 0 Å². The van der Waals surface area contributed by atoms with Gasteiger partial charge >= 0.3 is 7.60 Å². The summed E-state index contributed by atoms with van der Waals surface area (Å²) in [6.07, 6.45) is 1.01. The van der Waals surface area contributed by atoms with Gasteiger partial charge in [-0.05, 0) is 6.92 Å². The first kappa shape index (κ1) is 12.9.